The molecule has 0 atom stereocenters. The second kappa shape index (κ2) is 7.04. The Bertz CT molecular complexity index is 823. The first kappa shape index (κ1) is 15.8. The average molecular weight is 337 g/mol. The molecule has 0 amide bonds. The SMILES string of the molecule is CC1CCN(c2nc3ccccc3nc2NCCn2ccnn2)CC1. The summed E-state index contributed by atoms with van der Waals surface area (Å²) >= 11 is 0. The number of piperidine rings is 1. The lowest BCUT2D eigenvalue weighted by Gasteiger charge is -2.32. The first-order valence-electron chi connectivity index (χ1n) is 8.89. The van der Waals surface area contributed by atoms with Gasteiger partial charge in [-0.3, -0.25) is 4.68 Å². The normalized spacial score (nSPS) is 15.6. The number of fused-ring (bicyclic) bond motifs is 1. The number of benzene rings is 1. The molecule has 7 nitrogen and oxygen atoms in total. The Morgan fingerprint density at radius 2 is 1.88 bits per heavy atom. The minimum Gasteiger partial charge on any atom is -0.365 e. The highest BCUT2D eigenvalue weighted by atomic mass is 15.4. The van der Waals surface area contributed by atoms with Crippen molar-refractivity contribution in [2.75, 3.05) is 29.9 Å². The van der Waals surface area contributed by atoms with Gasteiger partial charge in [-0.2, -0.15) is 0 Å². The highest BCUT2D eigenvalue weighted by Crippen LogP contribution is 2.28. The fraction of sp³-hybridized carbons (Fsp3) is 0.444. The van der Waals surface area contributed by atoms with E-state index >= 15 is 0 Å². The van der Waals surface area contributed by atoms with E-state index in [0.717, 1.165) is 54.8 Å². The van der Waals surface area contributed by atoms with Crippen LogP contribution in [0, 0.1) is 5.92 Å². The molecular formula is C18H23N7. The van der Waals surface area contributed by atoms with Crippen molar-refractivity contribution in [2.24, 2.45) is 5.92 Å². The summed E-state index contributed by atoms with van der Waals surface area (Å²) in [6.07, 6.45) is 5.96. The van der Waals surface area contributed by atoms with Crippen LogP contribution in [0.15, 0.2) is 36.7 Å². The van der Waals surface area contributed by atoms with Crippen molar-refractivity contribution in [3.63, 3.8) is 0 Å². The molecule has 0 unspecified atom stereocenters. The van der Waals surface area contributed by atoms with Gasteiger partial charge < -0.3 is 10.2 Å². The lowest BCUT2D eigenvalue weighted by atomic mass is 9.99. The second-order valence-corrected chi connectivity index (χ2v) is 6.65. The highest BCUT2D eigenvalue weighted by Gasteiger charge is 2.21. The van der Waals surface area contributed by atoms with Gasteiger partial charge in [0.05, 0.1) is 23.8 Å². The van der Waals surface area contributed by atoms with Gasteiger partial charge in [-0.15, -0.1) is 5.10 Å². The summed E-state index contributed by atoms with van der Waals surface area (Å²) in [5, 5.41) is 11.3. The van der Waals surface area contributed by atoms with E-state index in [0.29, 0.717) is 0 Å². The van der Waals surface area contributed by atoms with Crippen LogP contribution in [0.25, 0.3) is 11.0 Å². The summed E-state index contributed by atoms with van der Waals surface area (Å²) < 4.78 is 1.81. The lowest BCUT2D eigenvalue weighted by molar-refractivity contribution is 0.437. The van der Waals surface area contributed by atoms with Crippen LogP contribution in [0.4, 0.5) is 11.6 Å². The lowest BCUT2D eigenvalue weighted by Crippen LogP contribution is -2.34. The number of hydrogen-bond acceptors (Lipinski definition) is 6. The quantitative estimate of drug-likeness (QED) is 0.771. The van der Waals surface area contributed by atoms with Crippen molar-refractivity contribution in [1.29, 1.82) is 0 Å². The Labute approximate surface area is 147 Å². The molecule has 1 aliphatic rings. The third-order valence-corrected chi connectivity index (χ3v) is 4.74. The largest absolute Gasteiger partial charge is 0.365 e. The van der Waals surface area contributed by atoms with Gasteiger partial charge in [-0.1, -0.05) is 24.3 Å². The number of nitrogens with one attached hydrogen (secondary N) is 1. The molecule has 3 aromatic rings. The maximum absolute atomic E-state index is 4.91. The number of hydrogen-bond donors (Lipinski definition) is 1. The Morgan fingerprint density at radius 3 is 2.60 bits per heavy atom. The Balaban J connectivity index is 1.59. The molecule has 7 heteroatoms. The summed E-state index contributed by atoms with van der Waals surface area (Å²) in [4.78, 5) is 12.1. The topological polar surface area (TPSA) is 71.8 Å². The van der Waals surface area contributed by atoms with E-state index in [1.165, 1.54) is 12.8 Å². The fourth-order valence-corrected chi connectivity index (χ4v) is 3.19. The number of rotatable bonds is 5. The minimum atomic E-state index is 0.730. The van der Waals surface area contributed by atoms with Crippen molar-refractivity contribution in [3.05, 3.63) is 36.7 Å². The number of nitrogens with zero attached hydrogens (tertiary/aromatic N) is 6. The van der Waals surface area contributed by atoms with Crippen LogP contribution in [-0.2, 0) is 6.54 Å². The Morgan fingerprint density at radius 1 is 1.12 bits per heavy atom. The van der Waals surface area contributed by atoms with Crippen LogP contribution in [0.1, 0.15) is 19.8 Å². The van der Waals surface area contributed by atoms with Gasteiger partial charge in [0.15, 0.2) is 11.6 Å². The minimum absolute atomic E-state index is 0.730. The molecule has 1 N–H and O–H groups in total. The van der Waals surface area contributed by atoms with E-state index in [4.69, 9.17) is 9.97 Å². The standard InChI is InChI=1S/C18H23N7/c1-14-6-10-24(11-7-14)18-17(19-8-12-25-13-9-20-23-25)21-15-4-2-3-5-16(15)22-18/h2-5,9,13-14H,6-8,10-12H2,1H3,(H,19,21). The van der Waals surface area contributed by atoms with E-state index in [1.54, 1.807) is 6.20 Å². The highest BCUT2D eigenvalue weighted by molar-refractivity contribution is 5.80. The van der Waals surface area contributed by atoms with E-state index in [9.17, 15) is 0 Å². The Hall–Kier alpha value is -2.70. The van der Waals surface area contributed by atoms with Crippen molar-refractivity contribution in [3.8, 4) is 0 Å². The first-order valence-corrected chi connectivity index (χ1v) is 8.89. The van der Waals surface area contributed by atoms with Gasteiger partial charge in [0.25, 0.3) is 0 Å². The van der Waals surface area contributed by atoms with Gasteiger partial charge >= 0.3 is 0 Å². The van der Waals surface area contributed by atoms with Crippen LogP contribution in [0.2, 0.25) is 0 Å². The van der Waals surface area contributed by atoms with Gasteiger partial charge in [-0.25, -0.2) is 9.97 Å². The molecule has 0 bridgehead atoms. The van der Waals surface area contributed by atoms with Crippen LogP contribution in [-0.4, -0.2) is 44.6 Å². The van der Waals surface area contributed by atoms with Gasteiger partial charge in [0.1, 0.15) is 0 Å². The van der Waals surface area contributed by atoms with E-state index in [1.807, 2.05) is 35.1 Å². The molecule has 0 saturated carbocycles. The number of para-hydroxylation sites is 2. The van der Waals surface area contributed by atoms with Gasteiger partial charge in [0, 0.05) is 25.8 Å². The molecule has 1 fully saturated rings. The molecule has 0 radical (unpaired) electrons. The van der Waals surface area contributed by atoms with Crippen LogP contribution in [0.5, 0.6) is 0 Å². The molecule has 1 aliphatic heterocycles. The van der Waals surface area contributed by atoms with E-state index < -0.39 is 0 Å². The fourth-order valence-electron chi connectivity index (χ4n) is 3.19. The van der Waals surface area contributed by atoms with Gasteiger partial charge in [0.2, 0.25) is 0 Å². The molecule has 3 heterocycles. The third kappa shape index (κ3) is 3.55. The molecule has 130 valence electrons. The second-order valence-electron chi connectivity index (χ2n) is 6.65. The predicted octanol–water partition coefficient (Wildman–Crippen LogP) is 2.57. The van der Waals surface area contributed by atoms with Crippen molar-refractivity contribution >= 4 is 22.7 Å². The summed E-state index contributed by atoms with van der Waals surface area (Å²) in [7, 11) is 0. The van der Waals surface area contributed by atoms with E-state index in [-0.39, 0.29) is 0 Å². The smallest absolute Gasteiger partial charge is 0.172 e. The van der Waals surface area contributed by atoms with Crippen molar-refractivity contribution in [2.45, 2.75) is 26.3 Å². The molecule has 1 saturated heterocycles. The number of aromatic nitrogens is 5. The molecule has 0 aliphatic carbocycles. The first-order chi connectivity index (χ1) is 12.3. The van der Waals surface area contributed by atoms with Crippen LogP contribution < -0.4 is 10.2 Å². The maximum Gasteiger partial charge on any atom is 0.172 e. The number of anilines is 2. The zero-order valence-corrected chi connectivity index (χ0v) is 14.5. The van der Waals surface area contributed by atoms with Crippen LogP contribution in [0.3, 0.4) is 0 Å². The van der Waals surface area contributed by atoms with Crippen molar-refractivity contribution in [1.82, 2.24) is 25.0 Å². The zero-order valence-electron chi connectivity index (χ0n) is 14.5. The third-order valence-electron chi connectivity index (χ3n) is 4.74. The zero-order chi connectivity index (χ0) is 17.1. The monoisotopic (exact) mass is 337 g/mol. The summed E-state index contributed by atoms with van der Waals surface area (Å²) in [5.41, 5.74) is 1.86. The summed E-state index contributed by atoms with van der Waals surface area (Å²) in [6.45, 7) is 5.86. The van der Waals surface area contributed by atoms with Gasteiger partial charge in [-0.05, 0) is 30.9 Å². The maximum atomic E-state index is 4.91. The summed E-state index contributed by atoms with van der Waals surface area (Å²) in [5.74, 6) is 2.60. The molecule has 1 aromatic carbocycles. The molecule has 0 spiro atoms. The molecular weight excluding hydrogens is 314 g/mol. The van der Waals surface area contributed by atoms with E-state index in [2.05, 4.69) is 27.5 Å². The molecule has 2 aromatic heterocycles. The molecule has 25 heavy (non-hydrogen) atoms. The average Bonchev–Trinajstić information content (AvgIpc) is 3.15. The predicted molar refractivity (Wildman–Crippen MR) is 98.7 cm³/mol. The van der Waals surface area contributed by atoms with Crippen molar-refractivity contribution < 1.29 is 0 Å². The Kier molecular flexibility index (Phi) is 4.45. The van der Waals surface area contributed by atoms with Crippen LogP contribution >= 0.6 is 0 Å². The molecule has 4 rings (SSSR count). The summed E-state index contributed by atoms with van der Waals surface area (Å²) in [6, 6.07) is 8.04.